The molecule has 1 fully saturated rings. The number of sulfonamides is 1. The summed E-state index contributed by atoms with van der Waals surface area (Å²) in [5, 5.41) is 3.57. The molecule has 1 aromatic heterocycles. The van der Waals surface area contributed by atoms with Crippen molar-refractivity contribution in [2.24, 2.45) is 0 Å². The van der Waals surface area contributed by atoms with E-state index in [1.54, 1.807) is 32.2 Å². The van der Waals surface area contributed by atoms with Crippen LogP contribution in [0.15, 0.2) is 45.7 Å². The molecule has 1 N–H and O–H groups in total. The quantitative estimate of drug-likeness (QED) is 0.507. The highest BCUT2D eigenvalue weighted by atomic mass is 32.2. The molecule has 0 spiro atoms. The predicted molar refractivity (Wildman–Crippen MR) is 130 cm³/mol. The van der Waals surface area contributed by atoms with Crippen molar-refractivity contribution in [3.8, 4) is 11.5 Å². The number of hydrogen-bond donors (Lipinski definition) is 1. The summed E-state index contributed by atoms with van der Waals surface area (Å²) in [5.74, 6) is 0.694. The second-order valence-electron chi connectivity index (χ2n) is 8.66. The van der Waals surface area contributed by atoms with Crippen LogP contribution in [0.1, 0.15) is 49.2 Å². The van der Waals surface area contributed by atoms with Crippen LogP contribution in [0.25, 0.3) is 11.0 Å². The monoisotopic (exact) mass is 486 g/mol. The number of carbonyl (C=O) groups excluding carboxylic acids is 1. The van der Waals surface area contributed by atoms with Crippen LogP contribution in [0, 0.1) is 6.92 Å². The Kier molecular flexibility index (Phi) is 6.86. The molecule has 0 radical (unpaired) electrons. The first kappa shape index (κ1) is 24.1. The molecule has 2 heterocycles. The summed E-state index contributed by atoms with van der Waals surface area (Å²) in [7, 11) is -2.10. The van der Waals surface area contributed by atoms with Crippen molar-refractivity contribution in [3.05, 3.63) is 47.7 Å². The minimum absolute atomic E-state index is 0.117. The lowest BCUT2D eigenvalue weighted by molar-refractivity contribution is 0.0997. The minimum atomic E-state index is -3.68. The summed E-state index contributed by atoms with van der Waals surface area (Å²) in [6.45, 7) is 6.51. The molecule has 182 valence electrons. The number of fused-ring (bicyclic) bond motifs is 1. The van der Waals surface area contributed by atoms with Gasteiger partial charge in [0.1, 0.15) is 17.1 Å². The summed E-state index contributed by atoms with van der Waals surface area (Å²) in [6.07, 6.45) is 2.54. The zero-order valence-corrected chi connectivity index (χ0v) is 20.7. The van der Waals surface area contributed by atoms with Crippen LogP contribution in [0.4, 0.5) is 5.69 Å². The standard InChI is InChI=1S/C25H30N2O6S/c1-16(2)32-23-11-9-19(34(29,30)27-12-6-5-7-13-27)15-21(23)26-25(28)24-17(3)20-14-18(31-4)8-10-22(20)33-24/h8-11,14-16H,5-7,12-13H2,1-4H3,(H,26,28). The van der Waals surface area contributed by atoms with Crippen molar-refractivity contribution < 1.29 is 27.1 Å². The van der Waals surface area contributed by atoms with Gasteiger partial charge >= 0.3 is 0 Å². The number of hydrogen-bond acceptors (Lipinski definition) is 6. The van der Waals surface area contributed by atoms with Gasteiger partial charge in [-0.3, -0.25) is 4.79 Å². The van der Waals surface area contributed by atoms with Gasteiger partial charge in [-0.05, 0) is 70.0 Å². The van der Waals surface area contributed by atoms with Gasteiger partial charge < -0.3 is 19.2 Å². The fourth-order valence-electron chi connectivity index (χ4n) is 4.10. The van der Waals surface area contributed by atoms with Gasteiger partial charge in [0.05, 0.1) is 23.8 Å². The maximum atomic E-state index is 13.2. The van der Waals surface area contributed by atoms with Crippen LogP contribution in [0.2, 0.25) is 0 Å². The van der Waals surface area contributed by atoms with E-state index in [4.69, 9.17) is 13.9 Å². The Labute approximate surface area is 199 Å². The van der Waals surface area contributed by atoms with E-state index < -0.39 is 15.9 Å². The van der Waals surface area contributed by atoms with Crippen LogP contribution in [0.5, 0.6) is 11.5 Å². The van der Waals surface area contributed by atoms with Gasteiger partial charge in [-0.25, -0.2) is 8.42 Å². The van der Waals surface area contributed by atoms with E-state index in [1.165, 1.54) is 16.4 Å². The van der Waals surface area contributed by atoms with Gasteiger partial charge in [0, 0.05) is 24.0 Å². The van der Waals surface area contributed by atoms with Crippen molar-refractivity contribution >= 4 is 32.6 Å². The number of furan rings is 1. The molecule has 9 heteroatoms. The molecular formula is C25H30N2O6S. The molecule has 1 aliphatic heterocycles. The van der Waals surface area contributed by atoms with Crippen LogP contribution in [-0.4, -0.2) is 44.9 Å². The molecule has 0 atom stereocenters. The lowest BCUT2D eigenvalue weighted by Gasteiger charge is -2.26. The molecule has 8 nitrogen and oxygen atoms in total. The van der Waals surface area contributed by atoms with E-state index in [2.05, 4.69) is 5.32 Å². The minimum Gasteiger partial charge on any atom is -0.497 e. The predicted octanol–water partition coefficient (Wildman–Crippen LogP) is 4.96. The normalized spacial score (nSPS) is 15.0. The third-order valence-corrected chi connectivity index (χ3v) is 7.76. The number of ether oxygens (including phenoxy) is 2. The molecule has 0 saturated carbocycles. The Bertz CT molecular complexity index is 1310. The molecule has 4 rings (SSSR count). The summed E-state index contributed by atoms with van der Waals surface area (Å²) in [5.41, 5.74) is 1.49. The molecule has 1 amide bonds. The third kappa shape index (κ3) is 4.76. The number of amides is 1. The maximum absolute atomic E-state index is 13.2. The Hall–Kier alpha value is -3.04. The number of rotatable bonds is 7. The highest BCUT2D eigenvalue weighted by molar-refractivity contribution is 7.89. The van der Waals surface area contributed by atoms with E-state index in [1.807, 2.05) is 19.9 Å². The summed E-state index contributed by atoms with van der Waals surface area (Å²) in [4.78, 5) is 13.3. The lowest BCUT2D eigenvalue weighted by Crippen LogP contribution is -2.35. The Morgan fingerprint density at radius 3 is 2.50 bits per heavy atom. The number of aryl methyl sites for hydroxylation is 1. The van der Waals surface area contributed by atoms with E-state index >= 15 is 0 Å². The van der Waals surface area contributed by atoms with E-state index in [-0.39, 0.29) is 22.4 Å². The van der Waals surface area contributed by atoms with Crippen molar-refractivity contribution in [2.75, 3.05) is 25.5 Å². The first-order valence-corrected chi connectivity index (χ1v) is 12.8. The van der Waals surface area contributed by atoms with Crippen LogP contribution in [-0.2, 0) is 10.0 Å². The molecule has 0 unspecified atom stereocenters. The van der Waals surface area contributed by atoms with Crippen molar-refractivity contribution in [1.29, 1.82) is 0 Å². The molecule has 2 aromatic carbocycles. The molecule has 0 aliphatic carbocycles. The smallest absolute Gasteiger partial charge is 0.291 e. The fourth-order valence-corrected chi connectivity index (χ4v) is 5.64. The van der Waals surface area contributed by atoms with E-state index in [0.717, 1.165) is 24.6 Å². The molecule has 0 bridgehead atoms. The number of benzene rings is 2. The molecular weight excluding hydrogens is 456 g/mol. The summed E-state index contributed by atoms with van der Waals surface area (Å²) < 4.78 is 44.8. The van der Waals surface area contributed by atoms with Crippen LogP contribution in [0.3, 0.4) is 0 Å². The van der Waals surface area contributed by atoms with Crippen molar-refractivity contribution in [2.45, 2.75) is 51.0 Å². The molecule has 3 aromatic rings. The second kappa shape index (κ2) is 9.68. The Morgan fingerprint density at radius 1 is 1.09 bits per heavy atom. The number of nitrogens with zero attached hydrogens (tertiary/aromatic N) is 1. The van der Waals surface area contributed by atoms with Gasteiger partial charge in [-0.15, -0.1) is 0 Å². The zero-order chi connectivity index (χ0) is 24.5. The molecule has 1 aliphatic rings. The van der Waals surface area contributed by atoms with Gasteiger partial charge in [-0.2, -0.15) is 4.31 Å². The van der Waals surface area contributed by atoms with Crippen molar-refractivity contribution in [3.63, 3.8) is 0 Å². The number of carbonyl (C=O) groups is 1. The Morgan fingerprint density at radius 2 is 1.82 bits per heavy atom. The fraction of sp³-hybridized carbons (Fsp3) is 0.400. The van der Waals surface area contributed by atoms with Gasteiger partial charge in [0.15, 0.2) is 5.76 Å². The van der Waals surface area contributed by atoms with Crippen LogP contribution >= 0.6 is 0 Å². The van der Waals surface area contributed by atoms with Gasteiger partial charge in [0.25, 0.3) is 5.91 Å². The number of methoxy groups -OCH3 is 1. The summed E-state index contributed by atoms with van der Waals surface area (Å²) >= 11 is 0. The second-order valence-corrected chi connectivity index (χ2v) is 10.6. The molecule has 34 heavy (non-hydrogen) atoms. The SMILES string of the molecule is COc1ccc2oc(C(=O)Nc3cc(S(=O)(=O)N4CCCCC4)ccc3OC(C)C)c(C)c2c1. The lowest BCUT2D eigenvalue weighted by atomic mass is 10.1. The largest absolute Gasteiger partial charge is 0.497 e. The topological polar surface area (TPSA) is 98.1 Å². The Balaban J connectivity index is 1.69. The zero-order valence-electron chi connectivity index (χ0n) is 19.9. The summed E-state index contributed by atoms with van der Waals surface area (Å²) in [6, 6.07) is 9.89. The maximum Gasteiger partial charge on any atom is 0.291 e. The highest BCUT2D eigenvalue weighted by Crippen LogP contribution is 2.33. The third-order valence-electron chi connectivity index (χ3n) is 5.86. The van der Waals surface area contributed by atoms with Gasteiger partial charge in [0.2, 0.25) is 10.0 Å². The molecule has 1 saturated heterocycles. The van der Waals surface area contributed by atoms with E-state index in [9.17, 15) is 13.2 Å². The average Bonchev–Trinajstić information content (AvgIpc) is 3.16. The highest BCUT2D eigenvalue weighted by Gasteiger charge is 2.28. The average molecular weight is 487 g/mol. The number of anilines is 1. The first-order valence-electron chi connectivity index (χ1n) is 11.4. The van der Waals surface area contributed by atoms with Crippen LogP contribution < -0.4 is 14.8 Å². The first-order chi connectivity index (χ1) is 16.2. The van der Waals surface area contributed by atoms with Gasteiger partial charge in [-0.1, -0.05) is 6.42 Å². The van der Waals surface area contributed by atoms with Crippen molar-refractivity contribution in [1.82, 2.24) is 4.31 Å². The number of piperidine rings is 1. The van der Waals surface area contributed by atoms with E-state index in [0.29, 0.717) is 35.7 Å². The number of nitrogens with one attached hydrogen (secondary N) is 1.